The van der Waals surface area contributed by atoms with Gasteiger partial charge in [-0.1, -0.05) is 30.3 Å². The summed E-state index contributed by atoms with van der Waals surface area (Å²) in [5.41, 5.74) is 4.58. The monoisotopic (exact) mass is 424 g/mol. The van der Waals surface area contributed by atoms with Crippen molar-refractivity contribution in [1.82, 2.24) is 9.55 Å². The molecule has 160 valence electrons. The molecule has 1 saturated heterocycles. The summed E-state index contributed by atoms with van der Waals surface area (Å²) < 4.78 is 2.12. The largest absolute Gasteiger partial charge is 0.326 e. The molecule has 0 unspecified atom stereocenters. The minimum Gasteiger partial charge on any atom is -0.326 e. The second-order valence-electron chi connectivity index (χ2n) is 7.93. The highest BCUT2D eigenvalue weighted by Gasteiger charge is 2.21. The van der Waals surface area contributed by atoms with Gasteiger partial charge in [0.15, 0.2) is 0 Å². The zero-order chi connectivity index (χ0) is 21.9. The number of amides is 2. The normalized spacial score (nSPS) is 13.6. The van der Waals surface area contributed by atoms with Crippen molar-refractivity contribution in [2.24, 2.45) is 0 Å². The molecule has 0 radical (unpaired) electrons. The Balaban J connectivity index is 1.29. The highest BCUT2D eigenvalue weighted by atomic mass is 16.2. The number of hydrogen-bond donors (Lipinski definition) is 1. The van der Waals surface area contributed by atoms with Crippen LogP contribution in [0.25, 0.3) is 16.7 Å². The number of nitrogens with one attached hydrogen (secondary N) is 1. The van der Waals surface area contributed by atoms with Crippen molar-refractivity contribution in [3.05, 3.63) is 84.7 Å². The Morgan fingerprint density at radius 3 is 2.41 bits per heavy atom. The van der Waals surface area contributed by atoms with Gasteiger partial charge in [0, 0.05) is 42.9 Å². The zero-order valence-electron chi connectivity index (χ0n) is 17.7. The standard InChI is InChI=1S/C26H24N4O2/c31-25(27-19-12-14-20(15-13-19)29-18-6-11-26(29)32)17-16-24-28-22-9-4-5-10-23(22)30(24)21-7-2-1-3-8-21/h1-5,7-10,12-15H,6,11,16-18H2,(H,27,31). The van der Waals surface area contributed by atoms with Crippen molar-refractivity contribution < 1.29 is 9.59 Å². The summed E-state index contributed by atoms with van der Waals surface area (Å²) >= 11 is 0. The molecular formula is C26H24N4O2. The van der Waals surface area contributed by atoms with Crippen LogP contribution < -0.4 is 10.2 Å². The first-order valence-corrected chi connectivity index (χ1v) is 10.9. The lowest BCUT2D eigenvalue weighted by molar-refractivity contribution is -0.117. The second kappa shape index (κ2) is 8.67. The van der Waals surface area contributed by atoms with Gasteiger partial charge in [0.1, 0.15) is 5.82 Å². The van der Waals surface area contributed by atoms with Crippen LogP contribution in [0.2, 0.25) is 0 Å². The number of aromatic nitrogens is 2. The van der Waals surface area contributed by atoms with Crippen LogP contribution in [0.1, 0.15) is 25.1 Å². The topological polar surface area (TPSA) is 67.2 Å². The van der Waals surface area contributed by atoms with Gasteiger partial charge in [0.2, 0.25) is 11.8 Å². The molecular weight excluding hydrogens is 400 g/mol. The molecule has 2 heterocycles. The number of aryl methyl sites for hydroxylation is 1. The van der Waals surface area contributed by atoms with Crippen molar-refractivity contribution >= 4 is 34.2 Å². The quantitative estimate of drug-likeness (QED) is 0.487. The SMILES string of the molecule is O=C(CCc1nc2ccccc2n1-c1ccccc1)Nc1ccc(N2CCCC2=O)cc1. The molecule has 1 aromatic heterocycles. The fraction of sp³-hybridized carbons (Fsp3) is 0.192. The number of imidazole rings is 1. The molecule has 1 aliphatic rings. The van der Waals surface area contributed by atoms with E-state index in [-0.39, 0.29) is 11.8 Å². The average Bonchev–Trinajstić information content (AvgIpc) is 3.42. The highest BCUT2D eigenvalue weighted by molar-refractivity contribution is 5.96. The number of anilines is 2. The second-order valence-corrected chi connectivity index (χ2v) is 7.93. The molecule has 0 saturated carbocycles. The van der Waals surface area contributed by atoms with Gasteiger partial charge in [0.05, 0.1) is 11.0 Å². The first-order chi connectivity index (χ1) is 15.7. The Bertz CT molecular complexity index is 1260. The number of carbonyl (C=O) groups is 2. The van der Waals surface area contributed by atoms with Crippen LogP contribution in [0.5, 0.6) is 0 Å². The van der Waals surface area contributed by atoms with Gasteiger partial charge in [0.25, 0.3) is 0 Å². The molecule has 0 spiro atoms. The Hall–Kier alpha value is -3.93. The predicted octanol–water partition coefficient (Wildman–Crippen LogP) is 4.72. The smallest absolute Gasteiger partial charge is 0.227 e. The molecule has 1 aliphatic heterocycles. The summed E-state index contributed by atoms with van der Waals surface area (Å²) in [4.78, 5) is 31.1. The fourth-order valence-corrected chi connectivity index (χ4v) is 4.20. The van der Waals surface area contributed by atoms with E-state index in [1.54, 1.807) is 4.90 Å². The maximum atomic E-state index is 12.6. The van der Waals surface area contributed by atoms with E-state index in [2.05, 4.69) is 9.88 Å². The van der Waals surface area contributed by atoms with E-state index in [1.165, 1.54) is 0 Å². The summed E-state index contributed by atoms with van der Waals surface area (Å²) in [6.07, 6.45) is 2.34. The summed E-state index contributed by atoms with van der Waals surface area (Å²) in [7, 11) is 0. The molecule has 1 fully saturated rings. The third kappa shape index (κ3) is 3.99. The van der Waals surface area contributed by atoms with Gasteiger partial charge < -0.3 is 10.2 Å². The number of benzene rings is 3. The number of hydrogen-bond acceptors (Lipinski definition) is 3. The van der Waals surface area contributed by atoms with Gasteiger partial charge in [-0.2, -0.15) is 0 Å². The Labute approximate surface area is 186 Å². The lowest BCUT2D eigenvalue weighted by atomic mass is 10.2. The zero-order valence-corrected chi connectivity index (χ0v) is 17.7. The number of nitrogens with zero attached hydrogens (tertiary/aromatic N) is 3. The van der Waals surface area contributed by atoms with E-state index in [9.17, 15) is 9.59 Å². The molecule has 2 amide bonds. The first-order valence-electron chi connectivity index (χ1n) is 10.9. The molecule has 32 heavy (non-hydrogen) atoms. The molecule has 6 heteroatoms. The summed E-state index contributed by atoms with van der Waals surface area (Å²) in [6.45, 7) is 0.757. The molecule has 0 aliphatic carbocycles. The Kier molecular flexibility index (Phi) is 5.42. The van der Waals surface area contributed by atoms with Gasteiger partial charge >= 0.3 is 0 Å². The van der Waals surface area contributed by atoms with Gasteiger partial charge in [-0.15, -0.1) is 0 Å². The van der Waals surface area contributed by atoms with E-state index in [1.807, 2.05) is 78.9 Å². The molecule has 6 nitrogen and oxygen atoms in total. The number of fused-ring (bicyclic) bond motifs is 1. The van der Waals surface area contributed by atoms with Crippen LogP contribution in [0, 0.1) is 0 Å². The first kappa shape index (κ1) is 20.0. The molecule has 1 N–H and O–H groups in total. The Morgan fingerprint density at radius 2 is 1.66 bits per heavy atom. The van der Waals surface area contributed by atoms with E-state index in [0.29, 0.717) is 19.3 Å². The third-order valence-electron chi connectivity index (χ3n) is 5.76. The molecule has 0 atom stereocenters. The van der Waals surface area contributed by atoms with Crippen LogP contribution in [-0.2, 0) is 16.0 Å². The average molecular weight is 425 g/mol. The lowest BCUT2D eigenvalue weighted by Gasteiger charge is -2.16. The van der Waals surface area contributed by atoms with Gasteiger partial charge in [-0.3, -0.25) is 14.2 Å². The van der Waals surface area contributed by atoms with Gasteiger partial charge in [-0.25, -0.2) is 4.98 Å². The van der Waals surface area contributed by atoms with E-state index < -0.39 is 0 Å². The van der Waals surface area contributed by atoms with Crippen molar-refractivity contribution in [2.75, 3.05) is 16.8 Å². The highest BCUT2D eigenvalue weighted by Crippen LogP contribution is 2.24. The summed E-state index contributed by atoms with van der Waals surface area (Å²) in [5.74, 6) is 0.945. The van der Waals surface area contributed by atoms with Crippen molar-refractivity contribution in [1.29, 1.82) is 0 Å². The summed E-state index contributed by atoms with van der Waals surface area (Å²) in [5, 5.41) is 2.95. The number of rotatable bonds is 6. The fourth-order valence-electron chi connectivity index (χ4n) is 4.20. The van der Waals surface area contributed by atoms with E-state index >= 15 is 0 Å². The predicted molar refractivity (Wildman–Crippen MR) is 126 cm³/mol. The van der Waals surface area contributed by atoms with Crippen LogP contribution in [0.15, 0.2) is 78.9 Å². The minimum absolute atomic E-state index is 0.0679. The maximum Gasteiger partial charge on any atom is 0.227 e. The molecule has 4 aromatic rings. The summed E-state index contributed by atoms with van der Waals surface area (Å²) in [6, 6.07) is 25.5. The minimum atomic E-state index is -0.0679. The molecule has 3 aromatic carbocycles. The molecule has 0 bridgehead atoms. The lowest BCUT2D eigenvalue weighted by Crippen LogP contribution is -2.23. The third-order valence-corrected chi connectivity index (χ3v) is 5.76. The van der Waals surface area contributed by atoms with Crippen LogP contribution in [-0.4, -0.2) is 27.9 Å². The van der Waals surface area contributed by atoms with Crippen molar-refractivity contribution in [2.45, 2.75) is 25.7 Å². The van der Waals surface area contributed by atoms with E-state index in [0.717, 1.165) is 46.9 Å². The Morgan fingerprint density at radius 1 is 0.906 bits per heavy atom. The van der Waals surface area contributed by atoms with Crippen molar-refractivity contribution in [3.63, 3.8) is 0 Å². The van der Waals surface area contributed by atoms with Crippen molar-refractivity contribution in [3.8, 4) is 5.69 Å². The van der Waals surface area contributed by atoms with Crippen LogP contribution in [0.4, 0.5) is 11.4 Å². The van der Waals surface area contributed by atoms with E-state index in [4.69, 9.17) is 4.98 Å². The van der Waals surface area contributed by atoms with Crippen LogP contribution >= 0.6 is 0 Å². The van der Waals surface area contributed by atoms with Gasteiger partial charge in [-0.05, 0) is 55.0 Å². The maximum absolute atomic E-state index is 12.6. The van der Waals surface area contributed by atoms with Crippen LogP contribution in [0.3, 0.4) is 0 Å². The number of para-hydroxylation sites is 3. The number of carbonyl (C=O) groups excluding carboxylic acids is 2. The molecule has 5 rings (SSSR count).